The normalized spacial score (nSPS) is 32.0. The first-order chi connectivity index (χ1) is 25.8. The van der Waals surface area contributed by atoms with Gasteiger partial charge in [0.15, 0.2) is 0 Å². The van der Waals surface area contributed by atoms with Gasteiger partial charge in [0.1, 0.15) is 0 Å². The molecule has 1 aliphatic heterocycles. The summed E-state index contributed by atoms with van der Waals surface area (Å²) in [4.78, 5) is 2.76. The molecule has 6 aliphatic carbocycles. The number of anilines is 2. The topological polar surface area (TPSA) is 3.24 Å². The Kier molecular flexibility index (Phi) is 7.12. The van der Waals surface area contributed by atoms with Crippen molar-refractivity contribution < 1.29 is 0 Å². The first kappa shape index (κ1) is 32.6. The fourth-order valence-corrected chi connectivity index (χ4v) is 13.7. The summed E-state index contributed by atoms with van der Waals surface area (Å²) in [6, 6.07) is 33.8. The molecule has 7 aliphatic rings. The van der Waals surface area contributed by atoms with Crippen LogP contribution in [0.5, 0.6) is 0 Å². The highest BCUT2D eigenvalue weighted by Crippen LogP contribution is 2.66. The quantitative estimate of drug-likeness (QED) is 0.192. The minimum absolute atomic E-state index is 0.0878. The van der Waals surface area contributed by atoms with Crippen LogP contribution in [0.15, 0.2) is 108 Å². The van der Waals surface area contributed by atoms with Crippen molar-refractivity contribution in [2.75, 3.05) is 4.90 Å². The second kappa shape index (κ2) is 11.6. The van der Waals surface area contributed by atoms with E-state index < -0.39 is 0 Å². The van der Waals surface area contributed by atoms with Gasteiger partial charge in [-0.05, 0) is 150 Å². The second-order valence-corrected chi connectivity index (χ2v) is 19.3. The predicted molar refractivity (Wildman–Crippen MR) is 222 cm³/mol. The molecule has 270 valence electrons. The highest BCUT2D eigenvalue weighted by atomic mass is 15.2. The van der Waals surface area contributed by atoms with Gasteiger partial charge in [-0.25, -0.2) is 0 Å². The van der Waals surface area contributed by atoms with E-state index in [2.05, 4.69) is 130 Å². The van der Waals surface area contributed by atoms with Gasteiger partial charge in [0.2, 0.25) is 0 Å². The Bertz CT molecular complexity index is 2190. The van der Waals surface area contributed by atoms with Gasteiger partial charge < -0.3 is 4.90 Å². The first-order valence-electron chi connectivity index (χ1n) is 21.5. The average Bonchev–Trinajstić information content (AvgIpc) is 3.90. The van der Waals surface area contributed by atoms with E-state index in [4.69, 9.17) is 0 Å². The van der Waals surface area contributed by atoms with Crippen molar-refractivity contribution in [2.24, 2.45) is 23.2 Å². The lowest BCUT2D eigenvalue weighted by Gasteiger charge is -2.58. The third-order valence-electron chi connectivity index (χ3n) is 16.3. The Hall–Kier alpha value is -3.84. The molecule has 2 bridgehead atoms. The molecule has 4 aromatic carbocycles. The van der Waals surface area contributed by atoms with Crippen LogP contribution in [0.3, 0.4) is 0 Å². The highest BCUT2D eigenvalue weighted by Gasteiger charge is 2.56. The van der Waals surface area contributed by atoms with Gasteiger partial charge in [-0.1, -0.05) is 131 Å². The smallest absolute Gasteiger partial charge is 0.0827 e. The van der Waals surface area contributed by atoms with Crippen molar-refractivity contribution in [2.45, 2.75) is 128 Å². The van der Waals surface area contributed by atoms with Crippen LogP contribution in [0.1, 0.15) is 139 Å². The van der Waals surface area contributed by atoms with Crippen LogP contribution in [0, 0.1) is 23.2 Å². The van der Waals surface area contributed by atoms with E-state index in [1.54, 1.807) is 11.1 Å². The zero-order valence-electron chi connectivity index (χ0n) is 32.6. The average molecular weight is 696 g/mol. The number of benzene rings is 4. The van der Waals surface area contributed by atoms with Gasteiger partial charge in [-0.2, -0.15) is 0 Å². The van der Waals surface area contributed by atoms with Gasteiger partial charge in [0.25, 0.3) is 0 Å². The molecule has 0 N–H and O–H groups in total. The monoisotopic (exact) mass is 695 g/mol. The second-order valence-electron chi connectivity index (χ2n) is 19.3. The molecule has 0 saturated heterocycles. The summed E-state index contributed by atoms with van der Waals surface area (Å²) in [5, 5.41) is 0. The minimum atomic E-state index is -0.180. The maximum absolute atomic E-state index is 2.76. The zero-order valence-corrected chi connectivity index (χ0v) is 32.6. The number of nitrogens with zero attached hydrogens (tertiary/aromatic N) is 1. The molecule has 1 heteroatoms. The van der Waals surface area contributed by atoms with Gasteiger partial charge in [-0.15, -0.1) is 0 Å². The molecular weight excluding hydrogens is 639 g/mol. The van der Waals surface area contributed by atoms with Gasteiger partial charge in [0.05, 0.1) is 5.54 Å². The molecule has 0 amide bonds. The summed E-state index contributed by atoms with van der Waals surface area (Å²) in [5.41, 5.74) is 17.8. The highest BCUT2D eigenvalue weighted by molar-refractivity contribution is 5.94. The molecule has 53 heavy (non-hydrogen) atoms. The standard InChI is InChI=1S/C52H57N/c1-50(2)43-17-10-15-39(36-24-22-35(23-25-36)34-12-6-5-7-13-34)48(43)42-27-26-38(32-46(42)50)53-47-19-9-8-14-40(47)41-16-11-18-44-49(41)52(53,4)29-28-51(44,3)45-31-33-20-21-37(45)30-33/h8-10,14-15,17,19,22-29,32-34,37,41,45H,5-7,11-13,16,18,20-21,30-31H2,1-4H3. The van der Waals surface area contributed by atoms with Crippen LogP contribution >= 0.6 is 0 Å². The molecule has 11 rings (SSSR count). The summed E-state index contributed by atoms with van der Waals surface area (Å²) in [7, 11) is 0. The molecule has 0 spiro atoms. The van der Waals surface area contributed by atoms with Gasteiger partial charge >= 0.3 is 0 Å². The van der Waals surface area contributed by atoms with Crippen molar-refractivity contribution in [1.29, 1.82) is 0 Å². The van der Waals surface area contributed by atoms with E-state index in [0.29, 0.717) is 5.92 Å². The molecular formula is C52H57N. The fraction of sp³-hybridized carbons (Fsp3) is 0.462. The number of hydrogen-bond acceptors (Lipinski definition) is 1. The van der Waals surface area contributed by atoms with Crippen molar-refractivity contribution in [3.05, 3.63) is 130 Å². The number of rotatable bonds is 4. The number of fused-ring (bicyclic) bond motifs is 7. The lowest BCUT2D eigenvalue weighted by atomic mass is 9.54. The molecule has 6 atom stereocenters. The molecule has 6 unspecified atom stereocenters. The number of para-hydroxylation sites is 1. The van der Waals surface area contributed by atoms with Crippen LogP contribution in [0.25, 0.3) is 22.3 Å². The van der Waals surface area contributed by atoms with E-state index in [9.17, 15) is 0 Å². The summed E-state index contributed by atoms with van der Waals surface area (Å²) in [5.74, 6) is 3.95. The first-order valence-corrected chi connectivity index (χ1v) is 21.5. The van der Waals surface area contributed by atoms with Crippen molar-refractivity contribution in [3.63, 3.8) is 0 Å². The molecule has 1 nitrogen and oxygen atoms in total. The molecule has 1 heterocycles. The van der Waals surface area contributed by atoms with Crippen LogP contribution in [-0.4, -0.2) is 5.54 Å². The number of allylic oxidation sites excluding steroid dienone is 2. The van der Waals surface area contributed by atoms with Gasteiger partial charge in [0, 0.05) is 28.1 Å². The van der Waals surface area contributed by atoms with Crippen molar-refractivity contribution in [1.82, 2.24) is 0 Å². The minimum Gasteiger partial charge on any atom is -0.328 e. The van der Waals surface area contributed by atoms with E-state index in [0.717, 1.165) is 23.7 Å². The van der Waals surface area contributed by atoms with E-state index in [1.165, 1.54) is 127 Å². The maximum Gasteiger partial charge on any atom is 0.0827 e. The van der Waals surface area contributed by atoms with E-state index in [1.807, 2.05) is 5.57 Å². The summed E-state index contributed by atoms with van der Waals surface area (Å²) >= 11 is 0. The zero-order chi connectivity index (χ0) is 35.7. The Labute approximate surface area is 318 Å². The Morgan fingerprint density at radius 2 is 1.49 bits per heavy atom. The lowest BCUT2D eigenvalue weighted by Crippen LogP contribution is -2.53. The summed E-state index contributed by atoms with van der Waals surface area (Å²) < 4.78 is 0. The molecule has 0 aromatic heterocycles. The Balaban J connectivity index is 1.03. The predicted octanol–water partition coefficient (Wildman–Crippen LogP) is 14.2. The Morgan fingerprint density at radius 3 is 2.28 bits per heavy atom. The summed E-state index contributed by atoms with van der Waals surface area (Å²) in [6.45, 7) is 10.1. The van der Waals surface area contributed by atoms with Crippen LogP contribution in [0.2, 0.25) is 0 Å². The molecule has 3 fully saturated rings. The van der Waals surface area contributed by atoms with Crippen molar-refractivity contribution >= 4 is 11.4 Å². The molecule has 3 saturated carbocycles. The third kappa shape index (κ3) is 4.55. The third-order valence-corrected chi connectivity index (χ3v) is 16.3. The molecule has 4 aromatic rings. The lowest BCUT2D eigenvalue weighted by molar-refractivity contribution is 0.189. The van der Waals surface area contributed by atoms with Crippen molar-refractivity contribution in [3.8, 4) is 22.3 Å². The van der Waals surface area contributed by atoms with Crippen LogP contribution < -0.4 is 4.90 Å². The van der Waals surface area contributed by atoms with E-state index >= 15 is 0 Å². The van der Waals surface area contributed by atoms with Crippen LogP contribution in [-0.2, 0) is 5.41 Å². The van der Waals surface area contributed by atoms with Gasteiger partial charge in [-0.3, -0.25) is 0 Å². The SMILES string of the molecule is CC1(C)c2cc(N3c4ccccc4C4CCCC5=C4C3(C)C=CC5(C)C3CC4CCC3C4)ccc2-c2c(-c3ccc(C4CCCCC4)cc3)cccc21. The molecule has 0 radical (unpaired) electrons. The summed E-state index contributed by atoms with van der Waals surface area (Å²) in [6.07, 6.45) is 22.0. The van der Waals surface area contributed by atoms with E-state index in [-0.39, 0.29) is 16.4 Å². The maximum atomic E-state index is 2.76. The fourth-order valence-electron chi connectivity index (χ4n) is 13.7. The number of hydrogen-bond donors (Lipinski definition) is 0. The Morgan fingerprint density at radius 1 is 0.660 bits per heavy atom. The largest absolute Gasteiger partial charge is 0.328 e. The van der Waals surface area contributed by atoms with Crippen LogP contribution in [0.4, 0.5) is 11.4 Å².